The molecule has 4 rings (SSSR count). The molecule has 1 amide bonds. The van der Waals surface area contributed by atoms with Crippen molar-refractivity contribution in [2.24, 2.45) is 5.92 Å². The maximum atomic E-state index is 13.2. The summed E-state index contributed by atoms with van der Waals surface area (Å²) in [6.45, 7) is 8.73. The highest BCUT2D eigenvalue weighted by Crippen LogP contribution is 2.33. The van der Waals surface area contributed by atoms with Crippen LogP contribution in [0.5, 0.6) is 5.75 Å². The molecule has 1 fully saturated rings. The van der Waals surface area contributed by atoms with E-state index in [1.807, 2.05) is 51.2 Å². The number of likely N-dealkylation sites (N-methyl/N-ethyl adjacent to an activating group) is 2. The lowest BCUT2D eigenvalue weighted by Crippen LogP contribution is -2.49. The van der Waals surface area contributed by atoms with Crippen LogP contribution in [0.3, 0.4) is 0 Å². The van der Waals surface area contributed by atoms with Gasteiger partial charge in [0.1, 0.15) is 11.9 Å². The van der Waals surface area contributed by atoms with Crippen molar-refractivity contribution in [1.29, 1.82) is 0 Å². The second kappa shape index (κ2) is 9.96. The molecule has 0 radical (unpaired) electrons. The molecule has 0 bridgehead atoms. The number of hydrogen-bond acceptors (Lipinski definition) is 5. The van der Waals surface area contributed by atoms with Crippen LogP contribution in [0.1, 0.15) is 30.9 Å². The van der Waals surface area contributed by atoms with Gasteiger partial charge >= 0.3 is 0 Å². The van der Waals surface area contributed by atoms with Gasteiger partial charge in [0.25, 0.3) is 0 Å². The number of rotatable bonds is 6. The van der Waals surface area contributed by atoms with Crippen LogP contribution in [0, 0.1) is 19.8 Å². The molecule has 8 heteroatoms. The van der Waals surface area contributed by atoms with Crippen molar-refractivity contribution >= 4 is 21.6 Å². The van der Waals surface area contributed by atoms with Gasteiger partial charge in [-0.3, -0.25) is 4.79 Å². The van der Waals surface area contributed by atoms with E-state index < -0.39 is 10.0 Å². The van der Waals surface area contributed by atoms with E-state index in [0.29, 0.717) is 37.4 Å². The summed E-state index contributed by atoms with van der Waals surface area (Å²) in [6, 6.07) is 13.4. The number of ether oxygens (including phenoxy) is 1. The molecular weight excluding hydrogens is 450 g/mol. The van der Waals surface area contributed by atoms with E-state index >= 15 is 0 Å². The summed E-state index contributed by atoms with van der Waals surface area (Å²) in [4.78, 5) is 17.6. The Hall–Kier alpha value is -2.58. The first-order valence-electron chi connectivity index (χ1n) is 12.0. The first-order valence-corrected chi connectivity index (χ1v) is 13.5. The van der Waals surface area contributed by atoms with Gasteiger partial charge in [-0.25, -0.2) is 8.42 Å². The molecule has 0 aromatic heterocycles. The fourth-order valence-electron chi connectivity index (χ4n) is 5.05. The molecular formula is C26H35N3O4S. The molecule has 2 aliphatic heterocycles. The van der Waals surface area contributed by atoms with Gasteiger partial charge < -0.3 is 14.5 Å². The van der Waals surface area contributed by atoms with Gasteiger partial charge in [-0.15, -0.1) is 0 Å². The molecule has 2 aliphatic rings. The summed E-state index contributed by atoms with van der Waals surface area (Å²) in [5, 5.41) is 0. The number of piperidine rings is 1. The number of nitrogens with zero attached hydrogens (tertiary/aromatic N) is 3. The number of carbonyl (C=O) groups is 1. The Morgan fingerprint density at radius 3 is 2.50 bits per heavy atom. The van der Waals surface area contributed by atoms with E-state index in [1.54, 1.807) is 11.0 Å². The third-order valence-electron chi connectivity index (χ3n) is 6.91. The Labute approximate surface area is 203 Å². The van der Waals surface area contributed by atoms with Crippen LogP contribution in [0.15, 0.2) is 47.4 Å². The fraction of sp³-hybridized carbons (Fsp3) is 0.500. The summed E-state index contributed by atoms with van der Waals surface area (Å²) in [5.74, 6) is 0.745. The standard InChI is InChI=1S/C26H35N3O4S/c1-5-28-18-22(33-24-9-7-6-8-23(24)28)17-27(4)26(30)21-12-14-29(15-13-21)34(31,32)25-11-10-19(2)16-20(25)3/h6-11,16,21-22H,5,12-15,17-18H2,1-4H3. The molecule has 0 saturated carbocycles. The fourth-order valence-corrected chi connectivity index (χ4v) is 6.73. The first-order chi connectivity index (χ1) is 16.2. The van der Waals surface area contributed by atoms with Crippen LogP contribution in [0.25, 0.3) is 0 Å². The number of amides is 1. The number of para-hydroxylation sites is 2. The van der Waals surface area contributed by atoms with Crippen molar-refractivity contribution in [2.75, 3.05) is 44.7 Å². The predicted molar refractivity (Wildman–Crippen MR) is 134 cm³/mol. The zero-order valence-electron chi connectivity index (χ0n) is 20.5. The lowest BCUT2D eigenvalue weighted by atomic mass is 9.96. The van der Waals surface area contributed by atoms with Crippen molar-refractivity contribution in [1.82, 2.24) is 9.21 Å². The molecule has 34 heavy (non-hydrogen) atoms. The third-order valence-corrected chi connectivity index (χ3v) is 8.97. The van der Waals surface area contributed by atoms with Crippen LogP contribution in [0.2, 0.25) is 0 Å². The minimum absolute atomic E-state index is 0.0640. The Balaban J connectivity index is 1.35. The monoisotopic (exact) mass is 485 g/mol. The average molecular weight is 486 g/mol. The molecule has 2 aromatic rings. The van der Waals surface area contributed by atoms with Crippen LogP contribution in [0.4, 0.5) is 5.69 Å². The third kappa shape index (κ3) is 4.93. The van der Waals surface area contributed by atoms with Crippen molar-refractivity contribution in [2.45, 2.75) is 44.6 Å². The zero-order valence-corrected chi connectivity index (χ0v) is 21.3. The maximum absolute atomic E-state index is 13.2. The largest absolute Gasteiger partial charge is 0.485 e. The van der Waals surface area contributed by atoms with Gasteiger partial charge in [-0.2, -0.15) is 4.31 Å². The molecule has 184 valence electrons. The summed E-state index contributed by atoms with van der Waals surface area (Å²) in [5.41, 5.74) is 2.89. The second-order valence-corrected chi connectivity index (χ2v) is 11.3. The van der Waals surface area contributed by atoms with Gasteiger partial charge in [-0.05, 0) is 57.4 Å². The normalized spacial score (nSPS) is 19.4. The molecule has 1 unspecified atom stereocenters. The Bertz CT molecular complexity index is 1140. The molecule has 0 aliphatic carbocycles. The lowest BCUT2D eigenvalue weighted by molar-refractivity contribution is -0.136. The van der Waals surface area contributed by atoms with Gasteiger partial charge in [0.05, 0.1) is 23.7 Å². The van der Waals surface area contributed by atoms with Crippen LogP contribution < -0.4 is 9.64 Å². The Morgan fingerprint density at radius 1 is 1.12 bits per heavy atom. The first kappa shape index (κ1) is 24.5. The number of carbonyl (C=O) groups excluding carboxylic acids is 1. The summed E-state index contributed by atoms with van der Waals surface area (Å²) < 4.78 is 34.0. The van der Waals surface area contributed by atoms with Crippen molar-refractivity contribution in [3.8, 4) is 5.75 Å². The van der Waals surface area contributed by atoms with Crippen molar-refractivity contribution in [3.63, 3.8) is 0 Å². The van der Waals surface area contributed by atoms with E-state index in [9.17, 15) is 13.2 Å². The van der Waals surface area contributed by atoms with E-state index in [1.165, 1.54) is 4.31 Å². The smallest absolute Gasteiger partial charge is 0.243 e. The Kier molecular flexibility index (Phi) is 7.19. The number of sulfonamides is 1. The quantitative estimate of drug-likeness (QED) is 0.627. The van der Waals surface area contributed by atoms with E-state index in [4.69, 9.17) is 4.74 Å². The molecule has 1 atom stereocenters. The van der Waals surface area contributed by atoms with E-state index in [-0.39, 0.29) is 17.9 Å². The minimum Gasteiger partial charge on any atom is -0.485 e. The minimum atomic E-state index is -3.56. The highest BCUT2D eigenvalue weighted by molar-refractivity contribution is 7.89. The van der Waals surface area contributed by atoms with Crippen molar-refractivity contribution < 1.29 is 17.9 Å². The summed E-state index contributed by atoms with van der Waals surface area (Å²) >= 11 is 0. The number of aryl methyl sites for hydroxylation is 2. The van der Waals surface area contributed by atoms with Crippen LogP contribution >= 0.6 is 0 Å². The highest BCUT2D eigenvalue weighted by atomic mass is 32.2. The van der Waals surface area contributed by atoms with Gasteiger partial charge in [0.15, 0.2) is 0 Å². The van der Waals surface area contributed by atoms with E-state index in [2.05, 4.69) is 17.9 Å². The molecule has 2 heterocycles. The second-order valence-electron chi connectivity index (χ2n) is 9.41. The van der Waals surface area contributed by atoms with Crippen LogP contribution in [-0.4, -0.2) is 69.4 Å². The van der Waals surface area contributed by atoms with Crippen molar-refractivity contribution in [3.05, 3.63) is 53.6 Å². The zero-order chi connectivity index (χ0) is 24.5. The molecule has 0 spiro atoms. The van der Waals surface area contributed by atoms with Gasteiger partial charge in [0, 0.05) is 32.6 Å². The Morgan fingerprint density at radius 2 is 1.82 bits per heavy atom. The van der Waals surface area contributed by atoms with Gasteiger partial charge in [0.2, 0.25) is 15.9 Å². The average Bonchev–Trinajstić information content (AvgIpc) is 2.82. The number of hydrogen-bond donors (Lipinski definition) is 0. The van der Waals surface area contributed by atoms with E-state index in [0.717, 1.165) is 35.7 Å². The molecule has 1 saturated heterocycles. The number of fused-ring (bicyclic) bond motifs is 1. The molecule has 7 nitrogen and oxygen atoms in total. The number of anilines is 1. The molecule has 2 aromatic carbocycles. The van der Waals surface area contributed by atoms with Gasteiger partial charge in [-0.1, -0.05) is 29.8 Å². The predicted octanol–water partition coefficient (Wildman–Crippen LogP) is 3.45. The maximum Gasteiger partial charge on any atom is 0.243 e. The summed E-state index contributed by atoms with van der Waals surface area (Å²) in [6.07, 6.45) is 0.958. The number of benzene rings is 2. The SMILES string of the molecule is CCN1CC(CN(C)C(=O)C2CCN(S(=O)(=O)c3ccc(C)cc3C)CC2)Oc2ccccc21. The topological polar surface area (TPSA) is 70.2 Å². The lowest BCUT2D eigenvalue weighted by Gasteiger charge is -2.38. The highest BCUT2D eigenvalue weighted by Gasteiger charge is 2.35. The summed E-state index contributed by atoms with van der Waals surface area (Å²) in [7, 11) is -1.74. The van der Waals surface area contributed by atoms with Crippen LogP contribution in [-0.2, 0) is 14.8 Å². The molecule has 0 N–H and O–H groups in total.